The first-order valence-corrected chi connectivity index (χ1v) is 4.91. The van der Waals surface area contributed by atoms with Crippen molar-refractivity contribution in [3.63, 3.8) is 0 Å². The van der Waals surface area contributed by atoms with Gasteiger partial charge in [0.05, 0.1) is 5.60 Å². The van der Waals surface area contributed by atoms with Crippen LogP contribution in [-0.4, -0.2) is 18.0 Å². The molecule has 0 fully saturated rings. The van der Waals surface area contributed by atoms with E-state index in [2.05, 4.69) is 13.8 Å². The number of hydrogen-bond donors (Lipinski definition) is 0. The van der Waals surface area contributed by atoms with Crippen molar-refractivity contribution in [3.8, 4) is 0 Å². The van der Waals surface area contributed by atoms with Gasteiger partial charge in [-0.3, -0.25) is 4.79 Å². The summed E-state index contributed by atoms with van der Waals surface area (Å²) in [7, 11) is 0. The van der Waals surface area contributed by atoms with Crippen LogP contribution in [0.5, 0.6) is 0 Å². The SMILES string of the molecule is CCOC(C)(C)C1C=CC(=O)CC1. The molecule has 74 valence electrons. The molecule has 0 saturated heterocycles. The zero-order valence-electron chi connectivity index (χ0n) is 8.67. The van der Waals surface area contributed by atoms with Crippen LogP contribution in [0, 0.1) is 5.92 Å². The van der Waals surface area contributed by atoms with Gasteiger partial charge in [-0.2, -0.15) is 0 Å². The summed E-state index contributed by atoms with van der Waals surface area (Å²) in [6.07, 6.45) is 5.26. The molecule has 0 aliphatic heterocycles. The lowest BCUT2D eigenvalue weighted by molar-refractivity contribution is -0.116. The molecule has 1 atom stereocenters. The molecule has 1 aliphatic carbocycles. The molecule has 0 aromatic heterocycles. The molecule has 0 aromatic rings. The van der Waals surface area contributed by atoms with Gasteiger partial charge in [-0.1, -0.05) is 6.08 Å². The van der Waals surface area contributed by atoms with Gasteiger partial charge >= 0.3 is 0 Å². The molecular weight excluding hydrogens is 164 g/mol. The van der Waals surface area contributed by atoms with Crippen LogP contribution in [0.2, 0.25) is 0 Å². The molecule has 0 aromatic carbocycles. The topological polar surface area (TPSA) is 26.3 Å². The summed E-state index contributed by atoms with van der Waals surface area (Å²) in [5.74, 6) is 0.619. The molecule has 0 amide bonds. The first-order valence-electron chi connectivity index (χ1n) is 4.91. The quantitative estimate of drug-likeness (QED) is 0.669. The van der Waals surface area contributed by atoms with E-state index in [1.165, 1.54) is 0 Å². The zero-order chi connectivity index (χ0) is 9.90. The molecule has 2 heteroatoms. The fourth-order valence-corrected chi connectivity index (χ4v) is 1.76. The molecule has 1 unspecified atom stereocenters. The van der Waals surface area contributed by atoms with E-state index in [-0.39, 0.29) is 11.4 Å². The maximum atomic E-state index is 11.0. The minimum atomic E-state index is -0.133. The Morgan fingerprint density at radius 1 is 1.62 bits per heavy atom. The molecule has 0 bridgehead atoms. The largest absolute Gasteiger partial charge is 0.375 e. The number of hydrogen-bond acceptors (Lipinski definition) is 2. The highest BCUT2D eigenvalue weighted by molar-refractivity contribution is 5.90. The first kappa shape index (κ1) is 10.5. The van der Waals surface area contributed by atoms with Crippen LogP contribution < -0.4 is 0 Å². The highest BCUT2D eigenvalue weighted by Crippen LogP contribution is 2.29. The lowest BCUT2D eigenvalue weighted by atomic mass is 9.83. The summed E-state index contributed by atoms with van der Waals surface area (Å²) < 4.78 is 5.64. The van der Waals surface area contributed by atoms with Gasteiger partial charge in [0.2, 0.25) is 0 Å². The van der Waals surface area contributed by atoms with Crippen molar-refractivity contribution in [3.05, 3.63) is 12.2 Å². The Labute approximate surface area is 80.0 Å². The third-order valence-electron chi connectivity index (χ3n) is 2.63. The smallest absolute Gasteiger partial charge is 0.155 e. The molecule has 2 nitrogen and oxygen atoms in total. The Bertz CT molecular complexity index is 216. The maximum Gasteiger partial charge on any atom is 0.155 e. The van der Waals surface area contributed by atoms with Gasteiger partial charge in [0.1, 0.15) is 0 Å². The van der Waals surface area contributed by atoms with Crippen molar-refractivity contribution in [2.75, 3.05) is 6.61 Å². The van der Waals surface area contributed by atoms with E-state index in [1.54, 1.807) is 6.08 Å². The summed E-state index contributed by atoms with van der Waals surface area (Å²) >= 11 is 0. The van der Waals surface area contributed by atoms with E-state index in [0.29, 0.717) is 12.3 Å². The normalized spacial score (nSPS) is 23.6. The summed E-state index contributed by atoms with van der Waals surface area (Å²) in [6.45, 7) is 6.90. The van der Waals surface area contributed by atoms with E-state index in [9.17, 15) is 4.79 Å². The Balaban J connectivity index is 2.61. The van der Waals surface area contributed by atoms with Crippen LogP contribution >= 0.6 is 0 Å². The van der Waals surface area contributed by atoms with Gasteiger partial charge in [-0.25, -0.2) is 0 Å². The highest BCUT2D eigenvalue weighted by Gasteiger charge is 2.29. The Morgan fingerprint density at radius 3 is 2.77 bits per heavy atom. The van der Waals surface area contributed by atoms with E-state index in [4.69, 9.17) is 4.74 Å². The van der Waals surface area contributed by atoms with Gasteiger partial charge in [-0.15, -0.1) is 0 Å². The van der Waals surface area contributed by atoms with E-state index in [1.807, 2.05) is 13.0 Å². The van der Waals surface area contributed by atoms with Crippen molar-refractivity contribution < 1.29 is 9.53 Å². The maximum absolute atomic E-state index is 11.0. The highest BCUT2D eigenvalue weighted by atomic mass is 16.5. The molecule has 1 aliphatic rings. The van der Waals surface area contributed by atoms with Crippen molar-refractivity contribution in [2.24, 2.45) is 5.92 Å². The van der Waals surface area contributed by atoms with Gasteiger partial charge in [-0.05, 0) is 33.3 Å². The van der Waals surface area contributed by atoms with Crippen LogP contribution in [0.3, 0.4) is 0 Å². The number of carbonyl (C=O) groups excluding carboxylic acids is 1. The van der Waals surface area contributed by atoms with Gasteiger partial charge in [0.25, 0.3) is 0 Å². The van der Waals surface area contributed by atoms with Crippen molar-refractivity contribution in [2.45, 2.75) is 39.2 Å². The van der Waals surface area contributed by atoms with Crippen LogP contribution in [0.15, 0.2) is 12.2 Å². The predicted octanol–water partition coefficient (Wildman–Crippen LogP) is 2.34. The average Bonchev–Trinajstić information content (AvgIpc) is 2.05. The summed E-state index contributed by atoms with van der Waals surface area (Å²) in [4.78, 5) is 11.0. The summed E-state index contributed by atoms with van der Waals surface area (Å²) in [5.41, 5.74) is -0.133. The molecule has 0 N–H and O–H groups in total. The molecule has 0 radical (unpaired) electrons. The van der Waals surface area contributed by atoms with Gasteiger partial charge in [0.15, 0.2) is 5.78 Å². The Kier molecular flexibility index (Phi) is 3.26. The van der Waals surface area contributed by atoms with Gasteiger partial charge < -0.3 is 4.74 Å². The van der Waals surface area contributed by atoms with Crippen LogP contribution in [0.1, 0.15) is 33.6 Å². The van der Waals surface area contributed by atoms with E-state index < -0.39 is 0 Å². The fourth-order valence-electron chi connectivity index (χ4n) is 1.76. The summed E-state index contributed by atoms with van der Waals surface area (Å²) in [6, 6.07) is 0. The number of rotatable bonds is 3. The zero-order valence-corrected chi connectivity index (χ0v) is 8.67. The molecule has 1 rings (SSSR count). The van der Waals surface area contributed by atoms with E-state index >= 15 is 0 Å². The van der Waals surface area contributed by atoms with Crippen LogP contribution in [0.25, 0.3) is 0 Å². The van der Waals surface area contributed by atoms with Crippen molar-refractivity contribution in [1.82, 2.24) is 0 Å². The third kappa shape index (κ3) is 2.66. The van der Waals surface area contributed by atoms with Crippen molar-refractivity contribution in [1.29, 1.82) is 0 Å². The number of carbonyl (C=O) groups is 1. The lowest BCUT2D eigenvalue weighted by Gasteiger charge is -2.33. The monoisotopic (exact) mass is 182 g/mol. The molecule has 0 saturated carbocycles. The second-order valence-electron chi connectivity index (χ2n) is 4.01. The van der Waals surface area contributed by atoms with E-state index in [0.717, 1.165) is 13.0 Å². The number of allylic oxidation sites excluding steroid dienone is 1. The molecule has 0 heterocycles. The second-order valence-corrected chi connectivity index (χ2v) is 4.01. The number of ketones is 1. The van der Waals surface area contributed by atoms with Crippen LogP contribution in [-0.2, 0) is 9.53 Å². The standard InChI is InChI=1S/C11H18O2/c1-4-13-11(2,3)9-5-7-10(12)8-6-9/h5,7,9H,4,6,8H2,1-3H3. The minimum absolute atomic E-state index is 0.133. The molecule has 0 spiro atoms. The fraction of sp³-hybridized carbons (Fsp3) is 0.727. The summed E-state index contributed by atoms with van der Waals surface area (Å²) in [5, 5.41) is 0. The molecular formula is C11H18O2. The minimum Gasteiger partial charge on any atom is -0.375 e. The molecule has 13 heavy (non-hydrogen) atoms. The number of ether oxygens (including phenoxy) is 1. The average molecular weight is 182 g/mol. The predicted molar refractivity (Wildman–Crippen MR) is 52.6 cm³/mol. The van der Waals surface area contributed by atoms with Crippen LogP contribution in [0.4, 0.5) is 0 Å². The lowest BCUT2D eigenvalue weighted by Crippen LogP contribution is -2.35. The Morgan fingerprint density at radius 2 is 2.31 bits per heavy atom. The second kappa shape index (κ2) is 4.05. The van der Waals surface area contributed by atoms with Gasteiger partial charge in [0, 0.05) is 18.9 Å². The first-order chi connectivity index (χ1) is 6.06. The third-order valence-corrected chi connectivity index (χ3v) is 2.63. The Hall–Kier alpha value is -0.630. The van der Waals surface area contributed by atoms with Crippen molar-refractivity contribution >= 4 is 5.78 Å².